The molecule has 2 nitrogen and oxygen atoms in total. The van der Waals surface area contributed by atoms with E-state index in [9.17, 15) is 4.39 Å². The van der Waals surface area contributed by atoms with Crippen LogP contribution in [-0.4, -0.2) is 42.9 Å². The lowest BCUT2D eigenvalue weighted by Gasteiger charge is -2.12. The van der Waals surface area contributed by atoms with E-state index in [2.05, 4.69) is 4.90 Å². The molecule has 1 fully saturated rings. The summed E-state index contributed by atoms with van der Waals surface area (Å²) in [5.41, 5.74) is 0. The van der Waals surface area contributed by atoms with E-state index in [-0.39, 0.29) is 13.3 Å². The lowest BCUT2D eigenvalue weighted by atomic mass is 10.1. The maximum atomic E-state index is 11.9. The molecule has 11 heavy (non-hydrogen) atoms. The van der Waals surface area contributed by atoms with Crippen molar-refractivity contribution in [1.29, 1.82) is 0 Å². The number of hydrogen-bond donors (Lipinski definition) is 1. The highest BCUT2D eigenvalue weighted by molar-refractivity contribution is 4.74. The number of aliphatic hydroxyl groups excluding tert-OH is 1. The van der Waals surface area contributed by atoms with Crippen molar-refractivity contribution in [2.75, 3.05) is 32.9 Å². The largest absolute Gasteiger partial charge is 0.396 e. The fourth-order valence-electron chi connectivity index (χ4n) is 1.65. The molecule has 1 heterocycles. The molecule has 66 valence electrons. The Morgan fingerprint density at radius 2 is 2.36 bits per heavy atom. The van der Waals surface area contributed by atoms with Crippen molar-refractivity contribution < 1.29 is 9.50 Å². The van der Waals surface area contributed by atoms with Gasteiger partial charge >= 0.3 is 0 Å². The normalized spacial score (nSPS) is 26.2. The van der Waals surface area contributed by atoms with E-state index in [1.54, 1.807) is 0 Å². The van der Waals surface area contributed by atoms with Crippen molar-refractivity contribution >= 4 is 0 Å². The molecule has 3 heteroatoms. The van der Waals surface area contributed by atoms with Gasteiger partial charge in [-0.3, -0.25) is 0 Å². The van der Waals surface area contributed by atoms with Gasteiger partial charge in [-0.25, -0.2) is 4.39 Å². The van der Waals surface area contributed by atoms with Crippen molar-refractivity contribution in [2.24, 2.45) is 5.92 Å². The molecule has 1 rings (SSSR count). The summed E-state index contributed by atoms with van der Waals surface area (Å²) in [6, 6.07) is 0. The van der Waals surface area contributed by atoms with Crippen LogP contribution in [0.25, 0.3) is 0 Å². The van der Waals surface area contributed by atoms with Crippen LogP contribution in [0.1, 0.15) is 12.8 Å². The monoisotopic (exact) mass is 161 g/mol. The van der Waals surface area contributed by atoms with Gasteiger partial charge in [-0.1, -0.05) is 0 Å². The summed E-state index contributed by atoms with van der Waals surface area (Å²) in [7, 11) is 0. The van der Waals surface area contributed by atoms with Crippen molar-refractivity contribution in [1.82, 2.24) is 4.90 Å². The van der Waals surface area contributed by atoms with Crippen LogP contribution in [0.3, 0.4) is 0 Å². The third-order valence-corrected chi connectivity index (χ3v) is 2.31. The summed E-state index contributed by atoms with van der Waals surface area (Å²) in [5.74, 6) is 0.603. The fraction of sp³-hybridized carbons (Fsp3) is 1.00. The van der Waals surface area contributed by atoms with E-state index < -0.39 is 0 Å². The third-order valence-electron chi connectivity index (χ3n) is 2.31. The fourth-order valence-corrected chi connectivity index (χ4v) is 1.65. The van der Waals surface area contributed by atoms with Crippen LogP contribution >= 0.6 is 0 Å². The molecule has 0 bridgehead atoms. The summed E-state index contributed by atoms with van der Waals surface area (Å²) in [6.07, 6.45) is 2.00. The number of aliphatic hydroxyl groups is 1. The molecule has 0 aromatic rings. The summed E-state index contributed by atoms with van der Waals surface area (Å²) >= 11 is 0. The molecule has 0 aromatic carbocycles. The van der Waals surface area contributed by atoms with Crippen LogP contribution in [-0.2, 0) is 0 Å². The Morgan fingerprint density at radius 1 is 1.55 bits per heavy atom. The number of halogens is 1. The molecule has 0 aromatic heterocycles. The molecule has 1 saturated heterocycles. The molecule has 1 atom stereocenters. The van der Waals surface area contributed by atoms with Crippen LogP contribution in [0, 0.1) is 5.92 Å². The van der Waals surface area contributed by atoms with Crippen LogP contribution in [0.2, 0.25) is 0 Å². The molecular formula is C8H16FNO. The summed E-state index contributed by atoms with van der Waals surface area (Å²) in [4.78, 5) is 2.13. The number of rotatable bonds is 4. The molecule has 1 aliphatic rings. The second-order valence-corrected chi connectivity index (χ2v) is 3.16. The highest BCUT2D eigenvalue weighted by Gasteiger charge is 2.20. The van der Waals surface area contributed by atoms with E-state index in [0.717, 1.165) is 25.9 Å². The van der Waals surface area contributed by atoms with Crippen LogP contribution < -0.4 is 0 Å². The smallest absolute Gasteiger partial charge is 0.102 e. The van der Waals surface area contributed by atoms with E-state index in [4.69, 9.17) is 5.11 Å². The highest BCUT2D eigenvalue weighted by Crippen LogP contribution is 2.18. The number of alkyl halides is 1. The zero-order chi connectivity index (χ0) is 8.10. The molecule has 0 amide bonds. The molecule has 0 aliphatic carbocycles. The number of likely N-dealkylation sites (tertiary alicyclic amines) is 1. The first-order valence-electron chi connectivity index (χ1n) is 4.26. The van der Waals surface area contributed by atoms with E-state index in [1.807, 2.05) is 0 Å². The van der Waals surface area contributed by atoms with E-state index in [1.165, 1.54) is 0 Å². The SMILES string of the molecule is OCCC1CCN(CCF)C1. The lowest BCUT2D eigenvalue weighted by Crippen LogP contribution is -2.23. The molecule has 0 spiro atoms. The summed E-state index contributed by atoms with van der Waals surface area (Å²) < 4.78 is 11.9. The van der Waals surface area contributed by atoms with Gasteiger partial charge in [-0.2, -0.15) is 0 Å². The van der Waals surface area contributed by atoms with Gasteiger partial charge in [0.25, 0.3) is 0 Å². The standard InChI is InChI=1S/C8H16FNO/c9-3-5-10-4-1-8(7-10)2-6-11/h8,11H,1-7H2. The predicted molar refractivity (Wildman–Crippen MR) is 42.2 cm³/mol. The third kappa shape index (κ3) is 2.75. The van der Waals surface area contributed by atoms with Gasteiger partial charge in [0.05, 0.1) is 0 Å². The second-order valence-electron chi connectivity index (χ2n) is 3.16. The molecule has 1 N–H and O–H groups in total. The Morgan fingerprint density at radius 3 is 3.00 bits per heavy atom. The number of nitrogens with zero attached hydrogens (tertiary/aromatic N) is 1. The molecule has 0 saturated carbocycles. The van der Waals surface area contributed by atoms with Gasteiger partial charge in [0.15, 0.2) is 0 Å². The lowest BCUT2D eigenvalue weighted by molar-refractivity contribution is 0.245. The Bertz CT molecular complexity index is 98.3. The Kier molecular flexibility index (Phi) is 3.80. The zero-order valence-electron chi connectivity index (χ0n) is 6.80. The molecule has 0 radical (unpaired) electrons. The summed E-state index contributed by atoms with van der Waals surface area (Å²) in [6.45, 7) is 2.58. The number of hydrogen-bond acceptors (Lipinski definition) is 2. The van der Waals surface area contributed by atoms with Crippen molar-refractivity contribution in [3.05, 3.63) is 0 Å². The maximum Gasteiger partial charge on any atom is 0.102 e. The van der Waals surface area contributed by atoms with Crippen LogP contribution in [0.4, 0.5) is 4.39 Å². The second kappa shape index (κ2) is 4.67. The molecule has 1 unspecified atom stereocenters. The average Bonchev–Trinajstić information content (AvgIpc) is 2.38. The summed E-state index contributed by atoms with van der Waals surface area (Å²) in [5, 5.41) is 8.65. The minimum Gasteiger partial charge on any atom is -0.396 e. The first-order valence-corrected chi connectivity index (χ1v) is 4.26. The van der Waals surface area contributed by atoms with E-state index in [0.29, 0.717) is 12.5 Å². The van der Waals surface area contributed by atoms with Gasteiger partial charge in [0.1, 0.15) is 6.67 Å². The van der Waals surface area contributed by atoms with Gasteiger partial charge in [-0.15, -0.1) is 0 Å². The van der Waals surface area contributed by atoms with Gasteiger partial charge in [-0.05, 0) is 25.3 Å². The molecule has 1 aliphatic heterocycles. The topological polar surface area (TPSA) is 23.5 Å². The van der Waals surface area contributed by atoms with Crippen molar-refractivity contribution in [3.8, 4) is 0 Å². The minimum absolute atomic E-state index is 0.244. The first kappa shape index (κ1) is 8.94. The van der Waals surface area contributed by atoms with E-state index >= 15 is 0 Å². The first-order chi connectivity index (χ1) is 5.36. The minimum atomic E-state index is -0.244. The maximum absolute atomic E-state index is 11.9. The van der Waals surface area contributed by atoms with Crippen LogP contribution in [0.5, 0.6) is 0 Å². The van der Waals surface area contributed by atoms with Gasteiger partial charge in [0, 0.05) is 19.7 Å². The Hall–Kier alpha value is -0.150. The predicted octanol–water partition coefficient (Wildman–Crippen LogP) is 0.660. The quantitative estimate of drug-likeness (QED) is 0.654. The van der Waals surface area contributed by atoms with Gasteiger partial charge < -0.3 is 10.0 Å². The average molecular weight is 161 g/mol. The van der Waals surface area contributed by atoms with Crippen molar-refractivity contribution in [3.63, 3.8) is 0 Å². The zero-order valence-corrected chi connectivity index (χ0v) is 6.80. The van der Waals surface area contributed by atoms with Crippen LogP contribution in [0.15, 0.2) is 0 Å². The Balaban J connectivity index is 2.12. The molecular weight excluding hydrogens is 145 g/mol. The van der Waals surface area contributed by atoms with Crippen molar-refractivity contribution in [2.45, 2.75) is 12.8 Å². The highest BCUT2D eigenvalue weighted by atomic mass is 19.1. The van der Waals surface area contributed by atoms with Gasteiger partial charge in [0.2, 0.25) is 0 Å². The Labute approximate surface area is 67.0 Å².